The van der Waals surface area contributed by atoms with Gasteiger partial charge in [0, 0.05) is 5.56 Å². The number of fused-ring (bicyclic) bond motifs is 1. The van der Waals surface area contributed by atoms with Gasteiger partial charge in [-0.05, 0) is 29.3 Å². The van der Waals surface area contributed by atoms with Crippen LogP contribution in [-0.2, 0) is 0 Å². The van der Waals surface area contributed by atoms with E-state index in [0.717, 1.165) is 33.5 Å². The van der Waals surface area contributed by atoms with E-state index in [-0.39, 0.29) is 0 Å². The second-order valence-corrected chi connectivity index (χ2v) is 6.44. The number of methoxy groups -OCH3 is 1. The van der Waals surface area contributed by atoms with Crippen molar-refractivity contribution in [2.75, 3.05) is 12.4 Å². The number of nitrogens with zero attached hydrogens (tertiary/aromatic N) is 3. The molecule has 0 aliphatic heterocycles. The van der Waals surface area contributed by atoms with Crippen LogP contribution in [0.1, 0.15) is 0 Å². The van der Waals surface area contributed by atoms with Crippen molar-refractivity contribution in [2.45, 2.75) is 0 Å². The van der Waals surface area contributed by atoms with Gasteiger partial charge in [-0.25, -0.2) is 9.97 Å². The molecule has 0 atom stereocenters. The first-order valence-electron chi connectivity index (χ1n) is 9.05. The number of anilines is 2. The molecule has 0 amide bonds. The topological polar surface area (TPSA) is 88.9 Å². The summed E-state index contributed by atoms with van der Waals surface area (Å²) in [6, 6.07) is 18.1. The number of ether oxygens (including phenoxy) is 1. The van der Waals surface area contributed by atoms with E-state index in [9.17, 15) is 0 Å². The quantitative estimate of drug-likeness (QED) is 0.442. The van der Waals surface area contributed by atoms with Gasteiger partial charge in [0.05, 0.1) is 36.4 Å². The number of hydrogen-bond donors (Lipinski definition) is 2. The number of H-pyrrole nitrogens is 1. The molecule has 7 nitrogen and oxygen atoms in total. The molecule has 29 heavy (non-hydrogen) atoms. The number of rotatable bonds is 5. The van der Waals surface area contributed by atoms with Crippen molar-refractivity contribution >= 4 is 22.5 Å². The number of aromatic nitrogens is 4. The van der Waals surface area contributed by atoms with Crippen LogP contribution in [0, 0.1) is 0 Å². The van der Waals surface area contributed by atoms with Gasteiger partial charge in [0.15, 0.2) is 5.65 Å². The molecule has 3 aromatic heterocycles. The summed E-state index contributed by atoms with van der Waals surface area (Å²) in [6.07, 6.45) is 4.75. The summed E-state index contributed by atoms with van der Waals surface area (Å²) in [5.74, 6) is 1.34. The first-order chi connectivity index (χ1) is 14.3. The Hall–Kier alpha value is -4.13. The fraction of sp³-hybridized carbons (Fsp3) is 0.0455. The largest absolute Gasteiger partial charge is 0.495 e. The molecule has 0 unspecified atom stereocenters. The molecule has 5 rings (SSSR count). The molecule has 2 aromatic carbocycles. The molecule has 0 spiro atoms. The maximum absolute atomic E-state index is 5.56. The van der Waals surface area contributed by atoms with Crippen LogP contribution in [-0.4, -0.2) is 27.3 Å². The highest BCUT2D eigenvalue weighted by molar-refractivity contribution is 5.99. The highest BCUT2D eigenvalue weighted by Crippen LogP contribution is 2.36. The van der Waals surface area contributed by atoms with E-state index < -0.39 is 0 Å². The Kier molecular flexibility index (Phi) is 4.18. The van der Waals surface area contributed by atoms with Gasteiger partial charge in [-0.15, -0.1) is 0 Å². The SMILES string of the molecule is COc1ccc(-c2ccccc2)cc1Nc1ncnc2n[nH]c(-c3ccoc3)c12. The highest BCUT2D eigenvalue weighted by Gasteiger charge is 2.16. The Morgan fingerprint density at radius 2 is 1.86 bits per heavy atom. The molecule has 5 aromatic rings. The molecule has 0 fully saturated rings. The van der Waals surface area contributed by atoms with Crippen LogP contribution in [0.5, 0.6) is 5.75 Å². The number of hydrogen-bond acceptors (Lipinski definition) is 6. The van der Waals surface area contributed by atoms with Gasteiger partial charge in [0.2, 0.25) is 0 Å². The van der Waals surface area contributed by atoms with Crippen LogP contribution in [0.4, 0.5) is 11.5 Å². The van der Waals surface area contributed by atoms with E-state index >= 15 is 0 Å². The summed E-state index contributed by atoms with van der Waals surface area (Å²) in [4.78, 5) is 8.72. The molecule has 7 heteroatoms. The normalized spacial score (nSPS) is 10.9. The molecule has 0 saturated carbocycles. The van der Waals surface area contributed by atoms with E-state index in [2.05, 4.69) is 37.6 Å². The zero-order valence-corrected chi connectivity index (χ0v) is 15.6. The molecule has 0 saturated heterocycles. The standard InChI is InChI=1S/C22H17N5O2/c1-28-18-8-7-15(14-5-3-2-4-6-14)11-17(18)25-21-19-20(16-9-10-29-12-16)26-27-22(19)24-13-23-21/h2-13H,1H3,(H2,23,24,25,26,27). The molecule has 0 radical (unpaired) electrons. The van der Waals surface area contributed by atoms with E-state index in [0.29, 0.717) is 17.2 Å². The second kappa shape index (κ2) is 7.12. The van der Waals surface area contributed by atoms with Crippen LogP contribution in [0.25, 0.3) is 33.4 Å². The third kappa shape index (κ3) is 3.08. The molecule has 142 valence electrons. The van der Waals surface area contributed by atoms with Gasteiger partial charge in [0.1, 0.15) is 17.9 Å². The third-order valence-electron chi connectivity index (χ3n) is 4.72. The Bertz CT molecular complexity index is 1260. The van der Waals surface area contributed by atoms with Crippen molar-refractivity contribution in [3.05, 3.63) is 73.5 Å². The van der Waals surface area contributed by atoms with E-state index in [1.165, 1.54) is 6.33 Å². The summed E-state index contributed by atoms with van der Waals surface area (Å²) in [6.45, 7) is 0. The van der Waals surface area contributed by atoms with Crippen LogP contribution in [0.2, 0.25) is 0 Å². The van der Waals surface area contributed by atoms with Crippen LogP contribution in [0.15, 0.2) is 77.9 Å². The molecule has 2 N–H and O–H groups in total. The summed E-state index contributed by atoms with van der Waals surface area (Å²) < 4.78 is 10.8. The minimum Gasteiger partial charge on any atom is -0.495 e. The third-order valence-corrected chi connectivity index (χ3v) is 4.72. The van der Waals surface area contributed by atoms with Gasteiger partial charge in [-0.3, -0.25) is 5.10 Å². The predicted molar refractivity (Wildman–Crippen MR) is 111 cm³/mol. The number of nitrogens with one attached hydrogen (secondary N) is 2. The fourth-order valence-corrected chi connectivity index (χ4v) is 3.31. The predicted octanol–water partition coefficient (Wildman–Crippen LogP) is 5.03. The average molecular weight is 383 g/mol. The molecular formula is C22H17N5O2. The maximum atomic E-state index is 5.56. The van der Waals surface area contributed by atoms with Gasteiger partial charge < -0.3 is 14.5 Å². The number of furan rings is 1. The lowest BCUT2D eigenvalue weighted by Crippen LogP contribution is -1.99. The van der Waals surface area contributed by atoms with E-state index in [1.54, 1.807) is 19.6 Å². The molecule has 3 heterocycles. The molecular weight excluding hydrogens is 366 g/mol. The number of aromatic amines is 1. The Labute approximate surface area is 166 Å². The summed E-state index contributed by atoms with van der Waals surface area (Å²) in [5.41, 5.74) is 5.21. The first-order valence-corrected chi connectivity index (χ1v) is 9.05. The van der Waals surface area contributed by atoms with E-state index in [4.69, 9.17) is 9.15 Å². The van der Waals surface area contributed by atoms with Crippen LogP contribution < -0.4 is 10.1 Å². The smallest absolute Gasteiger partial charge is 0.186 e. The highest BCUT2D eigenvalue weighted by atomic mass is 16.5. The van der Waals surface area contributed by atoms with Crippen molar-refractivity contribution in [1.29, 1.82) is 0 Å². The Balaban J connectivity index is 1.62. The van der Waals surface area contributed by atoms with Crippen molar-refractivity contribution in [3.63, 3.8) is 0 Å². The van der Waals surface area contributed by atoms with Crippen molar-refractivity contribution in [3.8, 4) is 28.1 Å². The van der Waals surface area contributed by atoms with Gasteiger partial charge in [-0.1, -0.05) is 36.4 Å². The second-order valence-electron chi connectivity index (χ2n) is 6.44. The van der Waals surface area contributed by atoms with Gasteiger partial charge in [-0.2, -0.15) is 5.10 Å². The summed E-state index contributed by atoms with van der Waals surface area (Å²) >= 11 is 0. The lowest BCUT2D eigenvalue weighted by molar-refractivity contribution is 0.417. The minimum absolute atomic E-state index is 0.567. The monoisotopic (exact) mass is 383 g/mol. The van der Waals surface area contributed by atoms with Gasteiger partial charge >= 0.3 is 0 Å². The van der Waals surface area contributed by atoms with Crippen molar-refractivity contribution < 1.29 is 9.15 Å². The zero-order valence-electron chi connectivity index (χ0n) is 15.6. The Morgan fingerprint density at radius 3 is 2.66 bits per heavy atom. The molecule has 0 aliphatic carbocycles. The molecule has 0 aliphatic rings. The van der Waals surface area contributed by atoms with E-state index in [1.807, 2.05) is 42.5 Å². The Morgan fingerprint density at radius 1 is 0.966 bits per heavy atom. The lowest BCUT2D eigenvalue weighted by atomic mass is 10.0. The molecule has 0 bridgehead atoms. The fourth-order valence-electron chi connectivity index (χ4n) is 3.31. The zero-order chi connectivity index (χ0) is 19.6. The summed E-state index contributed by atoms with van der Waals surface area (Å²) in [7, 11) is 1.65. The minimum atomic E-state index is 0.567. The van der Waals surface area contributed by atoms with Crippen molar-refractivity contribution in [1.82, 2.24) is 20.2 Å². The average Bonchev–Trinajstić information content (AvgIpc) is 3.44. The summed E-state index contributed by atoms with van der Waals surface area (Å²) in [5, 5.41) is 11.5. The first kappa shape index (κ1) is 17.0. The number of benzene rings is 2. The van der Waals surface area contributed by atoms with Gasteiger partial charge in [0.25, 0.3) is 0 Å². The van der Waals surface area contributed by atoms with Crippen molar-refractivity contribution in [2.24, 2.45) is 0 Å². The lowest BCUT2D eigenvalue weighted by Gasteiger charge is -2.13. The van der Waals surface area contributed by atoms with Crippen LogP contribution >= 0.6 is 0 Å². The van der Waals surface area contributed by atoms with Crippen LogP contribution in [0.3, 0.4) is 0 Å². The maximum Gasteiger partial charge on any atom is 0.186 e.